The molecular formula is C21H26F2N2O4S. The van der Waals surface area contributed by atoms with E-state index in [1.54, 1.807) is 12.1 Å². The Bertz CT molecular complexity index is 987. The van der Waals surface area contributed by atoms with Crippen LogP contribution in [-0.2, 0) is 20.2 Å². The average molecular weight is 441 g/mol. The highest BCUT2D eigenvalue weighted by molar-refractivity contribution is 7.89. The van der Waals surface area contributed by atoms with E-state index >= 15 is 0 Å². The molecule has 2 rings (SSSR count). The summed E-state index contributed by atoms with van der Waals surface area (Å²) in [6, 6.07) is 9.26. The Labute approximate surface area is 175 Å². The third kappa shape index (κ3) is 6.58. The van der Waals surface area contributed by atoms with Crippen molar-refractivity contribution in [2.45, 2.75) is 43.6 Å². The van der Waals surface area contributed by atoms with Crippen molar-refractivity contribution in [3.63, 3.8) is 0 Å². The number of sulfonamides is 1. The van der Waals surface area contributed by atoms with Gasteiger partial charge < -0.3 is 10.4 Å². The van der Waals surface area contributed by atoms with Gasteiger partial charge in [0.2, 0.25) is 15.9 Å². The fourth-order valence-corrected chi connectivity index (χ4v) is 3.73. The molecule has 2 aromatic rings. The van der Waals surface area contributed by atoms with Crippen molar-refractivity contribution < 1.29 is 27.1 Å². The van der Waals surface area contributed by atoms with Gasteiger partial charge in [-0.15, -0.1) is 0 Å². The summed E-state index contributed by atoms with van der Waals surface area (Å²) in [6.45, 7) is 5.64. The predicted octanol–water partition coefficient (Wildman–Crippen LogP) is 2.78. The molecule has 0 saturated heterocycles. The lowest BCUT2D eigenvalue weighted by Crippen LogP contribution is -2.33. The minimum atomic E-state index is -3.77. The van der Waals surface area contributed by atoms with Gasteiger partial charge in [-0.2, -0.15) is 0 Å². The smallest absolute Gasteiger partial charge is 0.240 e. The van der Waals surface area contributed by atoms with Gasteiger partial charge in [-0.25, -0.2) is 21.9 Å². The van der Waals surface area contributed by atoms with Gasteiger partial charge in [0.25, 0.3) is 0 Å². The van der Waals surface area contributed by atoms with Gasteiger partial charge in [0.15, 0.2) is 0 Å². The van der Waals surface area contributed by atoms with Gasteiger partial charge in [0.05, 0.1) is 11.0 Å². The fraction of sp³-hybridized carbons (Fsp3) is 0.381. The fourth-order valence-electron chi connectivity index (χ4n) is 2.70. The van der Waals surface area contributed by atoms with Gasteiger partial charge >= 0.3 is 0 Å². The Hall–Kier alpha value is -2.36. The van der Waals surface area contributed by atoms with E-state index in [1.165, 1.54) is 12.1 Å². The van der Waals surface area contributed by atoms with E-state index in [4.69, 9.17) is 0 Å². The van der Waals surface area contributed by atoms with E-state index < -0.39 is 33.7 Å². The Balaban J connectivity index is 1.83. The second-order valence-corrected chi connectivity index (χ2v) is 9.67. The van der Waals surface area contributed by atoms with E-state index in [0.717, 1.165) is 17.7 Å². The normalized spacial score (nSPS) is 13.1. The molecule has 164 valence electrons. The minimum absolute atomic E-state index is 0.0955. The average Bonchev–Trinajstić information content (AvgIpc) is 2.65. The number of rotatable bonds is 8. The molecule has 9 heteroatoms. The second-order valence-electron chi connectivity index (χ2n) is 7.91. The number of amides is 1. The number of hydrogen-bond acceptors (Lipinski definition) is 4. The molecule has 0 bridgehead atoms. The Kier molecular flexibility index (Phi) is 7.68. The van der Waals surface area contributed by atoms with Crippen LogP contribution >= 0.6 is 0 Å². The molecule has 0 saturated carbocycles. The molecule has 3 N–H and O–H groups in total. The van der Waals surface area contributed by atoms with E-state index in [1.807, 2.05) is 20.8 Å². The molecule has 1 unspecified atom stereocenters. The summed E-state index contributed by atoms with van der Waals surface area (Å²) in [7, 11) is -3.77. The number of carbonyl (C=O) groups excluding carboxylic acids is 1. The van der Waals surface area contributed by atoms with Crippen LogP contribution in [0.3, 0.4) is 0 Å². The van der Waals surface area contributed by atoms with Gasteiger partial charge in [0, 0.05) is 31.1 Å². The van der Waals surface area contributed by atoms with Gasteiger partial charge in [0.1, 0.15) is 11.6 Å². The van der Waals surface area contributed by atoms with E-state index in [0.29, 0.717) is 6.07 Å². The van der Waals surface area contributed by atoms with E-state index in [-0.39, 0.29) is 35.4 Å². The first-order chi connectivity index (χ1) is 13.9. The highest BCUT2D eigenvalue weighted by Crippen LogP contribution is 2.23. The van der Waals surface area contributed by atoms with Gasteiger partial charge in [-0.05, 0) is 29.2 Å². The van der Waals surface area contributed by atoms with Gasteiger partial charge in [-0.3, -0.25) is 4.79 Å². The second kappa shape index (κ2) is 9.63. The molecule has 0 aliphatic heterocycles. The monoisotopic (exact) mass is 440 g/mol. The van der Waals surface area contributed by atoms with Crippen LogP contribution in [0.2, 0.25) is 0 Å². The summed E-state index contributed by atoms with van der Waals surface area (Å²) in [6.07, 6.45) is -1.52. The van der Waals surface area contributed by atoms with Gasteiger partial charge in [-0.1, -0.05) is 39.0 Å². The lowest BCUT2D eigenvalue weighted by atomic mass is 9.87. The van der Waals surface area contributed by atoms with E-state index in [2.05, 4.69) is 10.0 Å². The third-order valence-electron chi connectivity index (χ3n) is 4.49. The first-order valence-electron chi connectivity index (χ1n) is 9.40. The number of benzene rings is 2. The van der Waals surface area contributed by atoms with Crippen LogP contribution in [0.4, 0.5) is 8.78 Å². The molecule has 0 aromatic heterocycles. The van der Waals surface area contributed by atoms with Crippen molar-refractivity contribution in [1.29, 1.82) is 0 Å². The Morgan fingerprint density at radius 3 is 2.30 bits per heavy atom. The number of hydrogen-bond donors (Lipinski definition) is 3. The molecule has 30 heavy (non-hydrogen) atoms. The largest absolute Gasteiger partial charge is 0.386 e. The SMILES string of the molecule is CC(C)(C)c1ccc(S(=O)(=O)NCCC(=O)NCC(O)c2ccc(F)cc2F)cc1. The van der Waals surface area contributed by atoms with Crippen molar-refractivity contribution in [1.82, 2.24) is 10.0 Å². The summed E-state index contributed by atoms with van der Waals surface area (Å²) in [4.78, 5) is 12.0. The molecule has 0 radical (unpaired) electrons. The van der Waals surface area contributed by atoms with Crippen molar-refractivity contribution >= 4 is 15.9 Å². The standard InChI is InChI=1S/C21H26F2N2O4S/c1-21(2,3)14-4-7-16(8-5-14)30(28,29)25-11-10-20(27)24-13-19(26)17-9-6-15(22)12-18(17)23/h4-9,12,19,25-26H,10-11,13H2,1-3H3,(H,24,27). The third-order valence-corrected chi connectivity index (χ3v) is 5.97. The first-order valence-corrected chi connectivity index (χ1v) is 10.9. The van der Waals surface area contributed by atoms with Crippen LogP contribution in [0.1, 0.15) is 44.4 Å². The molecule has 0 heterocycles. The van der Waals surface area contributed by atoms with Crippen molar-refractivity contribution in [3.05, 3.63) is 65.2 Å². The quantitative estimate of drug-likeness (QED) is 0.588. The summed E-state index contributed by atoms with van der Waals surface area (Å²) in [5, 5.41) is 12.3. The summed E-state index contributed by atoms with van der Waals surface area (Å²) < 4.78 is 53.5. The number of aliphatic hydroxyl groups excluding tert-OH is 1. The Morgan fingerprint density at radius 1 is 1.10 bits per heavy atom. The number of carbonyl (C=O) groups is 1. The van der Waals surface area contributed by atoms with Crippen LogP contribution in [0.15, 0.2) is 47.4 Å². The van der Waals surface area contributed by atoms with Crippen molar-refractivity contribution in [2.75, 3.05) is 13.1 Å². The molecule has 2 aromatic carbocycles. The van der Waals surface area contributed by atoms with Crippen LogP contribution < -0.4 is 10.0 Å². The molecule has 0 aliphatic carbocycles. The summed E-state index contributed by atoms with van der Waals surface area (Å²) >= 11 is 0. The maximum atomic E-state index is 13.6. The number of halogens is 2. The Morgan fingerprint density at radius 2 is 1.73 bits per heavy atom. The molecule has 0 spiro atoms. The minimum Gasteiger partial charge on any atom is -0.386 e. The highest BCUT2D eigenvalue weighted by atomic mass is 32.2. The van der Waals surface area contributed by atoms with Crippen LogP contribution in [0.5, 0.6) is 0 Å². The van der Waals surface area contributed by atoms with Crippen molar-refractivity contribution in [2.24, 2.45) is 0 Å². The van der Waals surface area contributed by atoms with E-state index in [9.17, 15) is 27.1 Å². The van der Waals surface area contributed by atoms with Crippen LogP contribution in [0, 0.1) is 11.6 Å². The molecule has 0 aliphatic rings. The zero-order valence-electron chi connectivity index (χ0n) is 17.1. The lowest BCUT2D eigenvalue weighted by molar-refractivity contribution is -0.121. The molecular weight excluding hydrogens is 414 g/mol. The first kappa shape index (κ1) is 23.9. The number of aliphatic hydroxyl groups is 1. The summed E-state index contributed by atoms with van der Waals surface area (Å²) in [5.74, 6) is -2.21. The zero-order valence-corrected chi connectivity index (χ0v) is 17.9. The number of nitrogens with one attached hydrogen (secondary N) is 2. The lowest BCUT2D eigenvalue weighted by Gasteiger charge is -2.19. The topological polar surface area (TPSA) is 95.5 Å². The van der Waals surface area contributed by atoms with Crippen LogP contribution in [0.25, 0.3) is 0 Å². The van der Waals surface area contributed by atoms with Crippen LogP contribution in [-0.4, -0.2) is 32.5 Å². The molecule has 0 fully saturated rings. The molecule has 6 nitrogen and oxygen atoms in total. The zero-order chi connectivity index (χ0) is 22.5. The van der Waals surface area contributed by atoms with Crippen molar-refractivity contribution in [3.8, 4) is 0 Å². The maximum absolute atomic E-state index is 13.6. The molecule has 1 amide bonds. The maximum Gasteiger partial charge on any atom is 0.240 e. The predicted molar refractivity (Wildman–Crippen MR) is 109 cm³/mol. The summed E-state index contributed by atoms with van der Waals surface area (Å²) in [5.41, 5.74) is 0.753. The molecule has 1 atom stereocenters. The highest BCUT2D eigenvalue weighted by Gasteiger charge is 2.18.